The van der Waals surface area contributed by atoms with Crippen LogP contribution in [0, 0.1) is 5.82 Å². The molecule has 0 bridgehead atoms. The van der Waals surface area contributed by atoms with Gasteiger partial charge in [-0.1, -0.05) is 35.9 Å². The molecule has 2 aromatic carbocycles. The molecular weight excluding hydrogens is 299 g/mol. The molecule has 1 aliphatic rings. The molecule has 2 aromatic rings. The number of carboxylic acids is 1. The molecule has 0 fully saturated rings. The minimum atomic E-state index is -1.56. The molecule has 0 aromatic heterocycles. The van der Waals surface area contributed by atoms with E-state index in [1.807, 2.05) is 0 Å². The Bertz CT molecular complexity index is 842. The maximum Gasteiger partial charge on any atom is 0.338 e. The fraction of sp³-hybridized carbons (Fsp3) is 0. The maximum absolute atomic E-state index is 14.3. The van der Waals surface area contributed by atoms with Gasteiger partial charge >= 0.3 is 5.97 Å². The number of aromatic carboxylic acids is 1. The van der Waals surface area contributed by atoms with Crippen LogP contribution in [0.15, 0.2) is 30.3 Å². The Kier molecular flexibility index (Phi) is 2.88. The number of hydrogen-bond acceptors (Lipinski definition) is 3. The van der Waals surface area contributed by atoms with Gasteiger partial charge in [-0.2, -0.15) is 0 Å². The standard InChI is InChI=1S/C15H6ClFO4/c16-9-5-8(15(20)21)12(17)11-10(9)13(18)6-3-1-2-4-7(6)14(11)19/h1-5H,(H,20,21). The summed E-state index contributed by atoms with van der Waals surface area (Å²) >= 11 is 5.89. The van der Waals surface area contributed by atoms with Crippen molar-refractivity contribution in [2.24, 2.45) is 0 Å². The van der Waals surface area contributed by atoms with E-state index in [2.05, 4.69) is 0 Å². The lowest BCUT2D eigenvalue weighted by atomic mass is 9.83. The number of benzene rings is 2. The van der Waals surface area contributed by atoms with Crippen molar-refractivity contribution < 1.29 is 23.9 Å². The minimum Gasteiger partial charge on any atom is -0.478 e. The summed E-state index contributed by atoms with van der Waals surface area (Å²) in [6, 6.07) is 6.79. The number of hydrogen-bond donors (Lipinski definition) is 1. The normalized spacial score (nSPS) is 12.9. The van der Waals surface area contributed by atoms with E-state index in [1.54, 1.807) is 6.07 Å². The smallest absolute Gasteiger partial charge is 0.338 e. The summed E-state index contributed by atoms with van der Waals surface area (Å²) in [5.41, 5.74) is -1.45. The Morgan fingerprint density at radius 1 is 1.05 bits per heavy atom. The van der Waals surface area contributed by atoms with Crippen LogP contribution >= 0.6 is 11.6 Å². The summed E-state index contributed by atoms with van der Waals surface area (Å²) in [7, 11) is 0. The third-order valence-corrected chi connectivity index (χ3v) is 3.61. The van der Waals surface area contributed by atoms with Crippen LogP contribution in [0.1, 0.15) is 42.2 Å². The first-order chi connectivity index (χ1) is 9.93. The van der Waals surface area contributed by atoms with Crippen LogP contribution in [-0.4, -0.2) is 22.6 Å². The average molecular weight is 305 g/mol. The van der Waals surface area contributed by atoms with Gasteiger partial charge in [0.1, 0.15) is 5.82 Å². The fourth-order valence-corrected chi connectivity index (χ4v) is 2.65. The van der Waals surface area contributed by atoms with Gasteiger partial charge in [0.15, 0.2) is 11.6 Å². The van der Waals surface area contributed by atoms with E-state index in [1.165, 1.54) is 18.2 Å². The predicted octanol–water partition coefficient (Wildman–Crippen LogP) is 2.95. The van der Waals surface area contributed by atoms with Gasteiger partial charge in [-0.3, -0.25) is 9.59 Å². The summed E-state index contributed by atoms with van der Waals surface area (Å²) in [5.74, 6) is -4.14. The SMILES string of the molecule is O=C(O)c1cc(Cl)c2c(c1F)C(=O)c1ccccc1C2=O. The van der Waals surface area contributed by atoms with Crippen molar-refractivity contribution in [3.8, 4) is 0 Å². The lowest BCUT2D eigenvalue weighted by Crippen LogP contribution is -2.24. The molecule has 21 heavy (non-hydrogen) atoms. The van der Waals surface area contributed by atoms with E-state index < -0.39 is 34.5 Å². The molecule has 4 nitrogen and oxygen atoms in total. The van der Waals surface area contributed by atoms with Gasteiger partial charge in [0, 0.05) is 11.1 Å². The Hall–Kier alpha value is -2.53. The number of carbonyl (C=O) groups is 3. The lowest BCUT2D eigenvalue weighted by molar-refractivity contribution is 0.0691. The van der Waals surface area contributed by atoms with E-state index in [9.17, 15) is 18.8 Å². The number of halogens is 2. The third-order valence-electron chi connectivity index (χ3n) is 3.32. The van der Waals surface area contributed by atoms with Crippen molar-refractivity contribution in [2.45, 2.75) is 0 Å². The number of carbonyl (C=O) groups excluding carboxylic acids is 2. The molecular formula is C15H6ClFO4. The van der Waals surface area contributed by atoms with E-state index in [4.69, 9.17) is 16.7 Å². The van der Waals surface area contributed by atoms with Crippen LogP contribution in [0.3, 0.4) is 0 Å². The van der Waals surface area contributed by atoms with Gasteiger partial charge in [-0.15, -0.1) is 0 Å². The molecule has 0 radical (unpaired) electrons. The second-order valence-corrected chi connectivity index (χ2v) is 4.89. The molecule has 0 atom stereocenters. The topological polar surface area (TPSA) is 71.4 Å². The third kappa shape index (κ3) is 1.78. The highest BCUT2D eigenvalue weighted by Crippen LogP contribution is 2.35. The molecule has 0 saturated carbocycles. The summed E-state index contributed by atoms with van der Waals surface area (Å²) < 4.78 is 14.3. The van der Waals surface area contributed by atoms with Crippen LogP contribution in [0.25, 0.3) is 0 Å². The van der Waals surface area contributed by atoms with Gasteiger partial charge in [0.25, 0.3) is 0 Å². The first kappa shape index (κ1) is 13.5. The summed E-state index contributed by atoms with van der Waals surface area (Å²) in [6.45, 7) is 0. The molecule has 0 amide bonds. The molecule has 0 spiro atoms. The van der Waals surface area contributed by atoms with Crippen molar-refractivity contribution in [3.05, 3.63) is 69.0 Å². The van der Waals surface area contributed by atoms with Gasteiger partial charge in [-0.25, -0.2) is 9.18 Å². The van der Waals surface area contributed by atoms with E-state index in [-0.39, 0.29) is 21.7 Å². The molecule has 6 heteroatoms. The zero-order valence-corrected chi connectivity index (χ0v) is 11.1. The molecule has 1 aliphatic carbocycles. The van der Waals surface area contributed by atoms with Crippen molar-refractivity contribution in [1.29, 1.82) is 0 Å². The highest BCUT2D eigenvalue weighted by atomic mass is 35.5. The zero-order valence-electron chi connectivity index (χ0n) is 10.3. The van der Waals surface area contributed by atoms with Gasteiger partial charge in [-0.05, 0) is 6.07 Å². The maximum atomic E-state index is 14.3. The monoisotopic (exact) mass is 304 g/mol. The Morgan fingerprint density at radius 3 is 2.10 bits per heavy atom. The van der Waals surface area contributed by atoms with Crippen LogP contribution in [0.4, 0.5) is 4.39 Å². The quantitative estimate of drug-likeness (QED) is 0.750. The van der Waals surface area contributed by atoms with Crippen LogP contribution < -0.4 is 0 Å². The number of rotatable bonds is 1. The Balaban J connectivity index is 2.41. The second-order valence-electron chi connectivity index (χ2n) is 4.48. The largest absolute Gasteiger partial charge is 0.478 e. The highest BCUT2D eigenvalue weighted by molar-refractivity contribution is 6.39. The minimum absolute atomic E-state index is 0.0347. The second kappa shape index (κ2) is 4.49. The summed E-state index contributed by atoms with van der Waals surface area (Å²) in [5, 5.41) is 8.69. The number of fused-ring (bicyclic) bond motifs is 2. The lowest BCUT2D eigenvalue weighted by Gasteiger charge is -2.19. The highest BCUT2D eigenvalue weighted by Gasteiger charge is 2.36. The van der Waals surface area contributed by atoms with Crippen LogP contribution in [0.5, 0.6) is 0 Å². The van der Waals surface area contributed by atoms with Crippen molar-refractivity contribution in [2.75, 3.05) is 0 Å². The molecule has 3 rings (SSSR count). The Labute approximate surface area is 122 Å². The molecule has 104 valence electrons. The van der Waals surface area contributed by atoms with Crippen molar-refractivity contribution in [1.82, 2.24) is 0 Å². The molecule has 0 saturated heterocycles. The number of ketones is 2. The average Bonchev–Trinajstić information content (AvgIpc) is 2.46. The van der Waals surface area contributed by atoms with Crippen LogP contribution in [-0.2, 0) is 0 Å². The molecule has 0 unspecified atom stereocenters. The predicted molar refractivity (Wildman–Crippen MR) is 71.7 cm³/mol. The van der Waals surface area contributed by atoms with E-state index in [0.29, 0.717) is 0 Å². The molecule has 0 aliphatic heterocycles. The van der Waals surface area contributed by atoms with Gasteiger partial charge < -0.3 is 5.11 Å². The first-order valence-electron chi connectivity index (χ1n) is 5.87. The Morgan fingerprint density at radius 2 is 1.57 bits per heavy atom. The number of carboxylic acid groups (broad SMARTS) is 1. The van der Waals surface area contributed by atoms with Crippen molar-refractivity contribution in [3.63, 3.8) is 0 Å². The zero-order chi connectivity index (χ0) is 15.3. The fourth-order valence-electron chi connectivity index (χ4n) is 2.37. The van der Waals surface area contributed by atoms with E-state index >= 15 is 0 Å². The van der Waals surface area contributed by atoms with Crippen molar-refractivity contribution >= 4 is 29.1 Å². The molecule has 0 heterocycles. The summed E-state index contributed by atoms with van der Waals surface area (Å²) in [6.07, 6.45) is 0. The van der Waals surface area contributed by atoms with E-state index in [0.717, 1.165) is 6.07 Å². The first-order valence-corrected chi connectivity index (χ1v) is 6.25. The van der Waals surface area contributed by atoms with Crippen LogP contribution in [0.2, 0.25) is 5.02 Å². The van der Waals surface area contributed by atoms with Gasteiger partial charge in [0.05, 0.1) is 21.7 Å². The summed E-state index contributed by atoms with van der Waals surface area (Å²) in [4.78, 5) is 35.7. The molecule has 1 N–H and O–H groups in total. The van der Waals surface area contributed by atoms with Gasteiger partial charge in [0.2, 0.25) is 0 Å².